The van der Waals surface area contributed by atoms with Crippen LogP contribution in [-0.2, 0) is 0 Å². The fourth-order valence-corrected chi connectivity index (χ4v) is 2.14. The third-order valence-corrected chi connectivity index (χ3v) is 3.58. The van der Waals surface area contributed by atoms with Crippen molar-refractivity contribution in [1.29, 1.82) is 0 Å². The Morgan fingerprint density at radius 3 is 2.50 bits per heavy atom. The number of halogens is 3. The molecule has 2 aromatic rings. The zero-order valence-corrected chi connectivity index (χ0v) is 13.5. The molecular formula is C15H11BrCl2N2. The Balaban J connectivity index is 1.99. The number of hydrogen-bond acceptors (Lipinski definition) is 2. The molecule has 0 saturated heterocycles. The van der Waals surface area contributed by atoms with Crippen molar-refractivity contribution < 1.29 is 0 Å². The Bertz CT molecular complexity index is 640. The van der Waals surface area contributed by atoms with E-state index in [-0.39, 0.29) is 0 Å². The normalized spacial score (nSPS) is 11.8. The second-order valence-electron chi connectivity index (χ2n) is 3.94. The lowest BCUT2D eigenvalue weighted by Gasteiger charge is -2.01. The van der Waals surface area contributed by atoms with Crippen molar-refractivity contribution in [3.05, 3.63) is 68.6 Å². The van der Waals surface area contributed by atoms with E-state index in [2.05, 4.69) is 26.5 Å². The minimum Gasteiger partial charge on any atom is -0.278 e. The van der Waals surface area contributed by atoms with Gasteiger partial charge in [-0.2, -0.15) is 5.10 Å². The van der Waals surface area contributed by atoms with E-state index in [1.165, 1.54) is 0 Å². The number of benzene rings is 2. The molecule has 0 saturated carbocycles. The molecule has 0 bridgehead atoms. The smallest absolute Gasteiger partial charge is 0.0614 e. The van der Waals surface area contributed by atoms with Gasteiger partial charge in [0.1, 0.15) is 0 Å². The van der Waals surface area contributed by atoms with Crippen LogP contribution in [0.4, 0.5) is 5.69 Å². The molecule has 0 aromatic heterocycles. The average Bonchev–Trinajstić information content (AvgIpc) is 2.44. The molecule has 0 aliphatic rings. The summed E-state index contributed by atoms with van der Waals surface area (Å²) in [7, 11) is 0. The molecule has 20 heavy (non-hydrogen) atoms. The standard InChI is InChI=1S/C15H11BrCl2N2/c16-12(8-11-4-2-1-3-5-11)10-19-20-13-6-7-14(17)15(18)9-13/h1-10,20H/b12-8-,19-10+. The first-order chi connectivity index (χ1) is 9.65. The lowest BCUT2D eigenvalue weighted by atomic mass is 10.2. The van der Waals surface area contributed by atoms with Crippen LogP contribution in [0.2, 0.25) is 10.0 Å². The Labute approximate surface area is 136 Å². The Morgan fingerprint density at radius 2 is 1.80 bits per heavy atom. The molecule has 0 amide bonds. The van der Waals surface area contributed by atoms with Gasteiger partial charge in [-0.1, -0.05) is 53.5 Å². The Kier molecular flexibility index (Phi) is 5.65. The van der Waals surface area contributed by atoms with Crippen molar-refractivity contribution in [2.75, 3.05) is 5.43 Å². The van der Waals surface area contributed by atoms with Gasteiger partial charge in [0.15, 0.2) is 0 Å². The van der Waals surface area contributed by atoms with E-state index in [0.717, 1.165) is 15.7 Å². The Morgan fingerprint density at radius 1 is 1.05 bits per heavy atom. The molecule has 2 nitrogen and oxygen atoms in total. The quantitative estimate of drug-likeness (QED) is 0.532. The van der Waals surface area contributed by atoms with E-state index >= 15 is 0 Å². The van der Waals surface area contributed by atoms with Crippen molar-refractivity contribution in [2.24, 2.45) is 5.10 Å². The summed E-state index contributed by atoms with van der Waals surface area (Å²) < 4.78 is 0.858. The van der Waals surface area contributed by atoms with Crippen molar-refractivity contribution in [3.63, 3.8) is 0 Å². The van der Waals surface area contributed by atoms with Crippen LogP contribution in [0.3, 0.4) is 0 Å². The van der Waals surface area contributed by atoms with Crippen molar-refractivity contribution >= 4 is 57.1 Å². The molecule has 0 atom stereocenters. The zero-order valence-electron chi connectivity index (χ0n) is 10.4. The number of anilines is 1. The fourth-order valence-electron chi connectivity index (χ4n) is 1.48. The van der Waals surface area contributed by atoms with Crippen molar-refractivity contribution in [2.45, 2.75) is 0 Å². The van der Waals surface area contributed by atoms with Crippen LogP contribution in [0, 0.1) is 0 Å². The first kappa shape index (κ1) is 15.1. The molecule has 102 valence electrons. The maximum absolute atomic E-state index is 5.92. The summed E-state index contributed by atoms with van der Waals surface area (Å²) in [5, 5.41) is 5.13. The van der Waals surface area contributed by atoms with E-state index in [1.807, 2.05) is 36.4 Å². The molecule has 1 N–H and O–H groups in total. The minimum atomic E-state index is 0.491. The summed E-state index contributed by atoms with van der Waals surface area (Å²) in [6, 6.07) is 15.2. The topological polar surface area (TPSA) is 24.4 Å². The molecule has 0 heterocycles. The van der Waals surface area contributed by atoms with Crippen LogP contribution >= 0.6 is 39.1 Å². The summed E-state index contributed by atoms with van der Waals surface area (Å²) in [4.78, 5) is 0. The maximum Gasteiger partial charge on any atom is 0.0614 e. The molecule has 0 aliphatic heterocycles. The highest BCUT2D eigenvalue weighted by Crippen LogP contribution is 2.24. The number of rotatable bonds is 4. The van der Waals surface area contributed by atoms with Gasteiger partial charge in [-0.05, 0) is 45.8 Å². The molecule has 5 heteroatoms. The maximum atomic E-state index is 5.92. The van der Waals surface area contributed by atoms with Crippen molar-refractivity contribution in [3.8, 4) is 0 Å². The molecule has 2 aromatic carbocycles. The van der Waals surface area contributed by atoms with Crippen LogP contribution in [0.1, 0.15) is 5.56 Å². The lowest BCUT2D eigenvalue weighted by molar-refractivity contribution is 1.35. The SMILES string of the molecule is Clc1ccc(N/N=C/C(Br)=C/c2ccccc2)cc1Cl. The van der Waals surface area contributed by atoms with Crippen LogP contribution in [0.15, 0.2) is 58.1 Å². The van der Waals surface area contributed by atoms with Gasteiger partial charge in [-0.3, -0.25) is 5.43 Å². The van der Waals surface area contributed by atoms with Gasteiger partial charge in [0.05, 0.1) is 21.9 Å². The molecule has 0 spiro atoms. The highest BCUT2D eigenvalue weighted by Gasteiger charge is 1.97. The predicted molar refractivity (Wildman–Crippen MR) is 91.9 cm³/mol. The number of allylic oxidation sites excluding steroid dienone is 1. The van der Waals surface area contributed by atoms with Crippen LogP contribution in [0.25, 0.3) is 6.08 Å². The number of hydrazone groups is 1. The Hall–Kier alpha value is -1.29. The summed E-state index contributed by atoms with van der Waals surface area (Å²) >= 11 is 15.2. The zero-order chi connectivity index (χ0) is 14.4. The number of nitrogens with one attached hydrogen (secondary N) is 1. The van der Waals surface area contributed by atoms with E-state index in [1.54, 1.807) is 24.4 Å². The largest absolute Gasteiger partial charge is 0.278 e. The highest BCUT2D eigenvalue weighted by molar-refractivity contribution is 9.12. The molecule has 0 aliphatic carbocycles. The van der Waals surface area contributed by atoms with Gasteiger partial charge >= 0.3 is 0 Å². The summed E-state index contributed by atoms with van der Waals surface area (Å²) in [6.07, 6.45) is 3.65. The third kappa shape index (κ3) is 4.67. The van der Waals surface area contributed by atoms with E-state index in [4.69, 9.17) is 23.2 Å². The summed E-state index contributed by atoms with van der Waals surface area (Å²) in [6.45, 7) is 0. The third-order valence-electron chi connectivity index (χ3n) is 2.41. The molecule has 2 rings (SSSR count). The summed E-state index contributed by atoms with van der Waals surface area (Å²) in [5.74, 6) is 0. The monoisotopic (exact) mass is 368 g/mol. The van der Waals surface area contributed by atoms with Gasteiger partial charge in [-0.15, -0.1) is 0 Å². The second-order valence-corrected chi connectivity index (χ2v) is 5.67. The van der Waals surface area contributed by atoms with Gasteiger partial charge in [0, 0.05) is 4.48 Å². The molecule has 0 fully saturated rings. The minimum absolute atomic E-state index is 0.491. The summed E-state index contributed by atoms with van der Waals surface area (Å²) in [5.41, 5.74) is 4.76. The predicted octanol–water partition coefficient (Wildman–Crippen LogP) is 5.83. The lowest BCUT2D eigenvalue weighted by Crippen LogP contribution is -1.89. The van der Waals surface area contributed by atoms with Crippen molar-refractivity contribution in [1.82, 2.24) is 0 Å². The molecule has 0 radical (unpaired) electrons. The van der Waals surface area contributed by atoms with Crippen LogP contribution in [-0.4, -0.2) is 6.21 Å². The van der Waals surface area contributed by atoms with E-state index in [0.29, 0.717) is 10.0 Å². The van der Waals surface area contributed by atoms with Gasteiger partial charge < -0.3 is 0 Å². The second kappa shape index (κ2) is 7.48. The van der Waals surface area contributed by atoms with Crippen LogP contribution < -0.4 is 5.43 Å². The first-order valence-electron chi connectivity index (χ1n) is 5.81. The molecule has 0 unspecified atom stereocenters. The number of hydrogen-bond donors (Lipinski definition) is 1. The number of nitrogens with zero attached hydrogens (tertiary/aromatic N) is 1. The first-order valence-corrected chi connectivity index (χ1v) is 7.36. The van der Waals surface area contributed by atoms with E-state index in [9.17, 15) is 0 Å². The highest BCUT2D eigenvalue weighted by atomic mass is 79.9. The van der Waals surface area contributed by atoms with Gasteiger partial charge in [0.2, 0.25) is 0 Å². The van der Waals surface area contributed by atoms with Crippen LogP contribution in [0.5, 0.6) is 0 Å². The average molecular weight is 370 g/mol. The van der Waals surface area contributed by atoms with E-state index < -0.39 is 0 Å². The molecular weight excluding hydrogens is 359 g/mol. The fraction of sp³-hybridized carbons (Fsp3) is 0. The van der Waals surface area contributed by atoms with Gasteiger partial charge in [0.25, 0.3) is 0 Å². The van der Waals surface area contributed by atoms with Gasteiger partial charge in [-0.25, -0.2) is 0 Å².